The number of halogens is 1. The van der Waals surface area contributed by atoms with E-state index in [1.54, 1.807) is 36.4 Å². The standard InChI is InChI=1S/C29H30FN7OS/c1-21(36-18-6-3-7-19-36)28-34-35-29(37(28)26-16-10-22(30)11-17-26)39-20-27(38)31-23-12-14-25(15-13-23)33-32-24-8-4-2-5-9-24/h2,4-5,8-17,21H,3,6-7,18-20H2,1H3,(H,31,38). The first-order valence-corrected chi connectivity index (χ1v) is 14.0. The van der Waals surface area contributed by atoms with Crippen molar-refractivity contribution in [1.29, 1.82) is 0 Å². The van der Waals surface area contributed by atoms with Gasteiger partial charge in [-0.15, -0.1) is 10.2 Å². The molecular formula is C29H30FN7OS. The van der Waals surface area contributed by atoms with Gasteiger partial charge in [-0.1, -0.05) is 36.4 Å². The average molecular weight is 544 g/mol. The maximum absolute atomic E-state index is 13.7. The van der Waals surface area contributed by atoms with Crippen LogP contribution in [-0.2, 0) is 4.79 Å². The molecule has 1 aliphatic rings. The number of hydrogen-bond donors (Lipinski definition) is 1. The summed E-state index contributed by atoms with van der Waals surface area (Å²) in [6.45, 7) is 4.14. The zero-order chi connectivity index (χ0) is 27.0. The van der Waals surface area contributed by atoms with Crippen molar-refractivity contribution in [1.82, 2.24) is 19.7 Å². The summed E-state index contributed by atoms with van der Waals surface area (Å²) in [5.74, 6) is 0.454. The first-order chi connectivity index (χ1) is 19.1. The number of nitrogens with zero attached hydrogens (tertiary/aromatic N) is 6. The summed E-state index contributed by atoms with van der Waals surface area (Å²) in [5.41, 5.74) is 2.89. The van der Waals surface area contributed by atoms with Crippen molar-refractivity contribution in [2.75, 3.05) is 24.2 Å². The van der Waals surface area contributed by atoms with E-state index >= 15 is 0 Å². The topological polar surface area (TPSA) is 87.8 Å². The van der Waals surface area contributed by atoms with Gasteiger partial charge in [-0.3, -0.25) is 14.3 Å². The number of benzene rings is 3. The number of anilines is 1. The molecule has 8 nitrogen and oxygen atoms in total. The molecule has 1 aromatic heterocycles. The molecule has 0 spiro atoms. The molecule has 2 heterocycles. The second kappa shape index (κ2) is 12.8. The van der Waals surface area contributed by atoms with Crippen molar-refractivity contribution in [3.05, 3.63) is 90.5 Å². The van der Waals surface area contributed by atoms with E-state index in [0.29, 0.717) is 16.5 Å². The lowest BCUT2D eigenvalue weighted by Gasteiger charge is -2.31. The zero-order valence-electron chi connectivity index (χ0n) is 21.7. The van der Waals surface area contributed by atoms with E-state index < -0.39 is 0 Å². The predicted molar refractivity (Wildman–Crippen MR) is 152 cm³/mol. The molecule has 1 atom stereocenters. The molecule has 1 unspecified atom stereocenters. The fourth-order valence-corrected chi connectivity index (χ4v) is 5.25. The number of rotatable bonds is 9. The number of amides is 1. The number of aromatic nitrogens is 3. The van der Waals surface area contributed by atoms with Gasteiger partial charge in [-0.25, -0.2) is 4.39 Å². The Morgan fingerprint density at radius 3 is 2.28 bits per heavy atom. The van der Waals surface area contributed by atoms with Crippen molar-refractivity contribution in [2.24, 2.45) is 10.2 Å². The molecule has 1 saturated heterocycles. The monoisotopic (exact) mass is 543 g/mol. The number of hydrogen-bond acceptors (Lipinski definition) is 7. The summed E-state index contributed by atoms with van der Waals surface area (Å²) in [4.78, 5) is 15.2. The minimum absolute atomic E-state index is 0.0450. The molecule has 1 N–H and O–H groups in total. The smallest absolute Gasteiger partial charge is 0.234 e. The molecule has 5 rings (SSSR count). The maximum Gasteiger partial charge on any atom is 0.234 e. The molecule has 0 bridgehead atoms. The summed E-state index contributed by atoms with van der Waals surface area (Å²) in [6, 6.07) is 23.0. The Morgan fingerprint density at radius 2 is 1.59 bits per heavy atom. The molecule has 0 saturated carbocycles. The van der Waals surface area contributed by atoms with Crippen LogP contribution in [0.15, 0.2) is 94.2 Å². The number of thioether (sulfide) groups is 1. The number of azo groups is 1. The third-order valence-corrected chi connectivity index (χ3v) is 7.50. The van der Waals surface area contributed by atoms with E-state index in [2.05, 4.69) is 37.6 Å². The largest absolute Gasteiger partial charge is 0.325 e. The maximum atomic E-state index is 13.7. The number of carbonyl (C=O) groups is 1. The Morgan fingerprint density at radius 1 is 0.923 bits per heavy atom. The van der Waals surface area contributed by atoms with Gasteiger partial charge in [-0.2, -0.15) is 10.2 Å². The van der Waals surface area contributed by atoms with Gasteiger partial charge in [0.1, 0.15) is 5.82 Å². The van der Waals surface area contributed by atoms with Crippen molar-refractivity contribution in [3.63, 3.8) is 0 Å². The van der Waals surface area contributed by atoms with Crippen LogP contribution in [-0.4, -0.2) is 44.4 Å². The van der Waals surface area contributed by atoms with E-state index in [4.69, 9.17) is 0 Å². The molecule has 4 aromatic rings. The van der Waals surface area contributed by atoms with Crippen LogP contribution in [0.4, 0.5) is 21.5 Å². The molecule has 10 heteroatoms. The van der Waals surface area contributed by atoms with Crippen LogP contribution in [0, 0.1) is 5.82 Å². The number of likely N-dealkylation sites (tertiary alicyclic amines) is 1. The van der Waals surface area contributed by atoms with E-state index in [1.807, 2.05) is 34.9 Å². The highest BCUT2D eigenvalue weighted by Gasteiger charge is 2.26. The van der Waals surface area contributed by atoms with Crippen LogP contribution in [0.1, 0.15) is 38.1 Å². The third kappa shape index (κ3) is 6.96. The Bertz CT molecular complexity index is 1400. The fraction of sp³-hybridized carbons (Fsp3) is 0.276. The predicted octanol–water partition coefficient (Wildman–Crippen LogP) is 7.10. The minimum Gasteiger partial charge on any atom is -0.325 e. The lowest BCUT2D eigenvalue weighted by molar-refractivity contribution is -0.113. The molecule has 1 fully saturated rings. The van der Waals surface area contributed by atoms with Crippen LogP contribution in [0.2, 0.25) is 0 Å². The number of piperidine rings is 1. The Hall–Kier alpha value is -3.89. The Labute approximate surface area is 231 Å². The van der Waals surface area contributed by atoms with Crippen LogP contribution >= 0.6 is 11.8 Å². The SMILES string of the molecule is CC(c1nnc(SCC(=O)Nc2ccc(N=Nc3ccccc3)cc2)n1-c1ccc(F)cc1)N1CCCCC1. The van der Waals surface area contributed by atoms with Gasteiger partial charge >= 0.3 is 0 Å². The van der Waals surface area contributed by atoms with Crippen LogP contribution in [0.5, 0.6) is 0 Å². The quantitative estimate of drug-likeness (QED) is 0.180. The first kappa shape index (κ1) is 26.7. The normalized spacial score (nSPS) is 14.9. The van der Waals surface area contributed by atoms with Gasteiger partial charge in [-0.05, 0) is 93.5 Å². The van der Waals surface area contributed by atoms with E-state index in [9.17, 15) is 9.18 Å². The molecule has 1 aliphatic heterocycles. The lowest BCUT2D eigenvalue weighted by Crippen LogP contribution is -2.33. The Kier molecular flexibility index (Phi) is 8.75. The second-order valence-electron chi connectivity index (χ2n) is 9.34. The summed E-state index contributed by atoms with van der Waals surface area (Å²) in [7, 11) is 0. The summed E-state index contributed by atoms with van der Waals surface area (Å²) >= 11 is 1.30. The lowest BCUT2D eigenvalue weighted by atomic mass is 10.1. The summed E-state index contributed by atoms with van der Waals surface area (Å²) < 4.78 is 15.6. The van der Waals surface area contributed by atoms with Gasteiger partial charge in [0.2, 0.25) is 5.91 Å². The van der Waals surface area contributed by atoms with Crippen LogP contribution in [0.3, 0.4) is 0 Å². The van der Waals surface area contributed by atoms with E-state index in [0.717, 1.165) is 43.1 Å². The van der Waals surface area contributed by atoms with Crippen molar-refractivity contribution >= 4 is 34.7 Å². The van der Waals surface area contributed by atoms with Crippen LogP contribution in [0.25, 0.3) is 5.69 Å². The average Bonchev–Trinajstić information content (AvgIpc) is 3.40. The molecular weight excluding hydrogens is 513 g/mol. The van der Waals surface area contributed by atoms with Crippen molar-refractivity contribution in [2.45, 2.75) is 37.4 Å². The van der Waals surface area contributed by atoms with Crippen LogP contribution < -0.4 is 5.32 Å². The highest BCUT2D eigenvalue weighted by molar-refractivity contribution is 7.99. The molecule has 200 valence electrons. The molecule has 0 radical (unpaired) electrons. The number of nitrogens with one attached hydrogen (secondary N) is 1. The van der Waals surface area contributed by atoms with Gasteiger partial charge < -0.3 is 5.32 Å². The van der Waals surface area contributed by atoms with Gasteiger partial charge in [0.15, 0.2) is 11.0 Å². The highest BCUT2D eigenvalue weighted by atomic mass is 32.2. The highest BCUT2D eigenvalue weighted by Crippen LogP contribution is 2.29. The van der Waals surface area contributed by atoms with Gasteiger partial charge in [0.05, 0.1) is 23.2 Å². The second-order valence-corrected chi connectivity index (χ2v) is 10.3. The van der Waals surface area contributed by atoms with E-state index in [1.165, 1.54) is 30.3 Å². The zero-order valence-corrected chi connectivity index (χ0v) is 22.5. The van der Waals surface area contributed by atoms with Crippen molar-refractivity contribution in [3.8, 4) is 5.69 Å². The van der Waals surface area contributed by atoms with E-state index in [-0.39, 0.29) is 23.5 Å². The molecule has 1 amide bonds. The first-order valence-electron chi connectivity index (χ1n) is 13.0. The Balaban J connectivity index is 1.25. The number of carbonyl (C=O) groups excluding carboxylic acids is 1. The van der Waals surface area contributed by atoms with Gasteiger partial charge in [0.25, 0.3) is 0 Å². The third-order valence-electron chi connectivity index (χ3n) is 6.58. The summed E-state index contributed by atoms with van der Waals surface area (Å²) in [5, 5.41) is 20.9. The van der Waals surface area contributed by atoms with Gasteiger partial charge in [0, 0.05) is 11.4 Å². The molecule has 3 aromatic carbocycles. The minimum atomic E-state index is -0.307. The fourth-order valence-electron chi connectivity index (χ4n) is 4.50. The summed E-state index contributed by atoms with van der Waals surface area (Å²) in [6.07, 6.45) is 3.56. The molecule has 0 aliphatic carbocycles. The van der Waals surface area contributed by atoms with Crippen molar-refractivity contribution < 1.29 is 9.18 Å². The molecule has 39 heavy (non-hydrogen) atoms.